The van der Waals surface area contributed by atoms with Gasteiger partial charge in [-0.05, 0) is 36.2 Å². The Morgan fingerprint density at radius 1 is 1.19 bits per heavy atom. The molecule has 0 bridgehead atoms. The number of rotatable bonds is 6. The average Bonchev–Trinajstić information content (AvgIpc) is 2.66. The molecule has 144 valence electrons. The van der Waals surface area contributed by atoms with Crippen LogP contribution in [0, 0.1) is 12.7 Å². The molecule has 0 unspecified atom stereocenters. The van der Waals surface area contributed by atoms with E-state index in [0.29, 0.717) is 23.7 Å². The second-order valence-corrected chi connectivity index (χ2v) is 6.77. The largest absolute Gasteiger partial charge is 0.481 e. The third-order valence-electron chi connectivity index (χ3n) is 4.70. The Hall–Kier alpha value is -2.51. The molecule has 2 heterocycles. The summed E-state index contributed by atoms with van der Waals surface area (Å²) >= 11 is 0. The number of aryl methyl sites for hydroxylation is 1. The molecule has 0 radical (unpaired) electrons. The van der Waals surface area contributed by atoms with Gasteiger partial charge in [0.2, 0.25) is 11.8 Å². The van der Waals surface area contributed by atoms with Gasteiger partial charge in [-0.15, -0.1) is 0 Å². The number of aromatic nitrogens is 1. The highest BCUT2D eigenvalue weighted by Gasteiger charge is 2.19. The summed E-state index contributed by atoms with van der Waals surface area (Å²) in [6, 6.07) is 8.67. The van der Waals surface area contributed by atoms with Crippen molar-refractivity contribution in [1.82, 2.24) is 14.8 Å². The van der Waals surface area contributed by atoms with Gasteiger partial charge in [0.1, 0.15) is 5.82 Å². The standard InChI is InChI=1S/C20H25FN4O2/c1-15-3-4-17(12-18(15)21)23-19(26)14-25-9-7-24(8-10-25)13-16-5-6-22-20(11-16)27-2/h3-6,11-12H,7-10,13-14H2,1-2H3,(H,23,26). The van der Waals surface area contributed by atoms with Gasteiger partial charge in [0.15, 0.2) is 0 Å². The molecular formula is C20H25FN4O2. The molecule has 6 nitrogen and oxygen atoms in total. The number of ether oxygens (including phenoxy) is 1. The number of benzene rings is 1. The van der Waals surface area contributed by atoms with Gasteiger partial charge in [-0.3, -0.25) is 14.6 Å². The van der Waals surface area contributed by atoms with E-state index in [9.17, 15) is 9.18 Å². The average molecular weight is 372 g/mol. The van der Waals surface area contributed by atoms with Gasteiger partial charge < -0.3 is 10.1 Å². The summed E-state index contributed by atoms with van der Waals surface area (Å²) in [6.07, 6.45) is 1.75. The van der Waals surface area contributed by atoms with Crippen LogP contribution in [0.4, 0.5) is 10.1 Å². The van der Waals surface area contributed by atoms with Crippen molar-refractivity contribution in [1.29, 1.82) is 0 Å². The van der Waals surface area contributed by atoms with Gasteiger partial charge in [0, 0.05) is 50.7 Å². The Morgan fingerprint density at radius 3 is 2.63 bits per heavy atom. The summed E-state index contributed by atoms with van der Waals surface area (Å²) in [5.41, 5.74) is 2.22. The van der Waals surface area contributed by atoms with Crippen molar-refractivity contribution in [3.63, 3.8) is 0 Å². The van der Waals surface area contributed by atoms with E-state index in [-0.39, 0.29) is 11.7 Å². The molecule has 0 atom stereocenters. The Kier molecular flexibility index (Phi) is 6.36. The fourth-order valence-corrected chi connectivity index (χ4v) is 3.10. The maximum atomic E-state index is 13.6. The number of piperazine rings is 1. The summed E-state index contributed by atoms with van der Waals surface area (Å²) in [5, 5.41) is 2.77. The number of nitrogens with one attached hydrogen (secondary N) is 1. The van der Waals surface area contributed by atoms with Crippen LogP contribution in [-0.2, 0) is 11.3 Å². The predicted octanol–water partition coefficient (Wildman–Crippen LogP) is 2.29. The van der Waals surface area contributed by atoms with Crippen LogP contribution in [0.15, 0.2) is 36.5 Å². The SMILES string of the molecule is COc1cc(CN2CCN(CC(=O)Nc3ccc(C)c(F)c3)CC2)ccn1. The zero-order valence-corrected chi connectivity index (χ0v) is 15.7. The van der Waals surface area contributed by atoms with Crippen molar-refractivity contribution in [2.75, 3.05) is 45.2 Å². The van der Waals surface area contributed by atoms with Crippen molar-refractivity contribution >= 4 is 11.6 Å². The number of carbonyl (C=O) groups excluding carboxylic acids is 1. The molecule has 1 aromatic heterocycles. The molecular weight excluding hydrogens is 347 g/mol. The molecule has 3 rings (SSSR count). The van der Waals surface area contributed by atoms with E-state index in [1.54, 1.807) is 32.4 Å². The van der Waals surface area contributed by atoms with Crippen LogP contribution in [-0.4, -0.2) is 60.5 Å². The van der Waals surface area contributed by atoms with E-state index in [1.807, 2.05) is 12.1 Å². The monoisotopic (exact) mass is 372 g/mol. The molecule has 1 saturated heterocycles. The van der Waals surface area contributed by atoms with E-state index in [2.05, 4.69) is 20.1 Å². The molecule has 0 saturated carbocycles. The second-order valence-electron chi connectivity index (χ2n) is 6.77. The van der Waals surface area contributed by atoms with Gasteiger partial charge in [0.05, 0.1) is 13.7 Å². The van der Waals surface area contributed by atoms with Crippen molar-refractivity contribution in [3.8, 4) is 5.88 Å². The van der Waals surface area contributed by atoms with E-state index in [4.69, 9.17) is 4.74 Å². The van der Waals surface area contributed by atoms with Crippen LogP contribution >= 0.6 is 0 Å². The van der Waals surface area contributed by atoms with Crippen molar-refractivity contribution < 1.29 is 13.9 Å². The lowest BCUT2D eigenvalue weighted by atomic mass is 10.2. The summed E-state index contributed by atoms with van der Waals surface area (Å²) in [6.45, 7) is 6.25. The molecule has 0 spiro atoms. The molecule has 1 aliphatic rings. The third-order valence-corrected chi connectivity index (χ3v) is 4.70. The fraction of sp³-hybridized carbons (Fsp3) is 0.400. The zero-order chi connectivity index (χ0) is 19.2. The van der Waals surface area contributed by atoms with E-state index >= 15 is 0 Å². The number of amides is 1. The predicted molar refractivity (Wildman–Crippen MR) is 102 cm³/mol. The van der Waals surface area contributed by atoms with Crippen molar-refractivity contribution in [2.24, 2.45) is 0 Å². The van der Waals surface area contributed by atoms with Crippen molar-refractivity contribution in [3.05, 3.63) is 53.5 Å². The van der Waals surface area contributed by atoms with Gasteiger partial charge in [-0.25, -0.2) is 9.37 Å². The van der Waals surface area contributed by atoms with E-state index < -0.39 is 0 Å². The Labute approximate surface area is 158 Å². The molecule has 1 N–H and O–H groups in total. The first-order chi connectivity index (χ1) is 13.0. The lowest BCUT2D eigenvalue weighted by molar-refractivity contribution is -0.117. The normalized spacial score (nSPS) is 15.5. The van der Waals surface area contributed by atoms with Gasteiger partial charge >= 0.3 is 0 Å². The highest BCUT2D eigenvalue weighted by atomic mass is 19.1. The van der Waals surface area contributed by atoms with Crippen molar-refractivity contribution in [2.45, 2.75) is 13.5 Å². The molecule has 0 aliphatic carbocycles. The molecule has 27 heavy (non-hydrogen) atoms. The third kappa shape index (κ3) is 5.48. The lowest BCUT2D eigenvalue weighted by Crippen LogP contribution is -2.48. The number of halogens is 1. The number of nitrogens with zero attached hydrogens (tertiary/aromatic N) is 3. The number of carbonyl (C=O) groups is 1. The topological polar surface area (TPSA) is 57.7 Å². The fourth-order valence-electron chi connectivity index (χ4n) is 3.10. The van der Waals surface area contributed by atoms with E-state index in [1.165, 1.54) is 6.07 Å². The minimum absolute atomic E-state index is 0.120. The number of anilines is 1. The maximum absolute atomic E-state index is 13.6. The lowest BCUT2D eigenvalue weighted by Gasteiger charge is -2.34. The van der Waals surface area contributed by atoms with Crippen LogP contribution in [0.3, 0.4) is 0 Å². The van der Waals surface area contributed by atoms with Gasteiger partial charge in [-0.2, -0.15) is 0 Å². The molecule has 7 heteroatoms. The summed E-state index contributed by atoms with van der Waals surface area (Å²) in [5.74, 6) is 0.190. The summed E-state index contributed by atoms with van der Waals surface area (Å²) in [7, 11) is 1.61. The Morgan fingerprint density at radius 2 is 1.93 bits per heavy atom. The van der Waals surface area contributed by atoms with Crippen LogP contribution in [0.5, 0.6) is 5.88 Å². The number of hydrogen-bond donors (Lipinski definition) is 1. The van der Waals surface area contributed by atoms with Crippen LogP contribution < -0.4 is 10.1 Å². The van der Waals surface area contributed by atoms with Gasteiger partial charge in [0.25, 0.3) is 0 Å². The zero-order valence-electron chi connectivity index (χ0n) is 15.7. The highest BCUT2D eigenvalue weighted by molar-refractivity contribution is 5.92. The van der Waals surface area contributed by atoms with E-state index in [0.717, 1.165) is 38.3 Å². The first kappa shape index (κ1) is 19.3. The van der Waals surface area contributed by atoms with Crippen LogP contribution in [0.2, 0.25) is 0 Å². The quantitative estimate of drug-likeness (QED) is 0.843. The van der Waals surface area contributed by atoms with Gasteiger partial charge in [-0.1, -0.05) is 6.07 Å². The molecule has 2 aromatic rings. The molecule has 1 aromatic carbocycles. The number of methoxy groups -OCH3 is 1. The minimum atomic E-state index is -0.311. The first-order valence-corrected chi connectivity index (χ1v) is 9.03. The maximum Gasteiger partial charge on any atom is 0.238 e. The molecule has 1 aliphatic heterocycles. The Balaban J connectivity index is 1.44. The number of hydrogen-bond acceptors (Lipinski definition) is 5. The second kappa shape index (κ2) is 8.92. The molecule has 1 fully saturated rings. The molecule has 1 amide bonds. The summed E-state index contributed by atoms with van der Waals surface area (Å²) in [4.78, 5) is 20.8. The Bertz CT molecular complexity index is 791. The summed E-state index contributed by atoms with van der Waals surface area (Å²) < 4.78 is 18.7. The highest BCUT2D eigenvalue weighted by Crippen LogP contribution is 2.15. The van der Waals surface area contributed by atoms with Crippen LogP contribution in [0.1, 0.15) is 11.1 Å². The smallest absolute Gasteiger partial charge is 0.238 e. The minimum Gasteiger partial charge on any atom is -0.481 e. The number of pyridine rings is 1. The first-order valence-electron chi connectivity index (χ1n) is 9.03. The van der Waals surface area contributed by atoms with Crippen LogP contribution in [0.25, 0.3) is 0 Å².